The van der Waals surface area contributed by atoms with Crippen LogP contribution in [0.4, 0.5) is 0 Å². The third-order valence-electron chi connectivity index (χ3n) is 21.3. The van der Waals surface area contributed by atoms with Crippen LogP contribution in [0.25, 0.3) is 0 Å². The van der Waals surface area contributed by atoms with Crippen LogP contribution in [-0.2, 0) is 39.8 Å². The lowest BCUT2D eigenvalue weighted by atomic mass is 9.74. The number of rotatable bonds is 4. The molecule has 476 valence electrons. The first-order valence-electron chi connectivity index (χ1n) is 31.8. The van der Waals surface area contributed by atoms with Gasteiger partial charge in [-0.25, -0.2) is 9.13 Å². The molecule has 0 amide bonds. The average Bonchev–Trinajstić information content (AvgIpc) is 1.10. The zero-order valence-electron chi connectivity index (χ0n) is 58.3. The molecule has 24 rings (SSSR count). The summed E-state index contributed by atoms with van der Waals surface area (Å²) in [6.45, 7) is 51.8. The Morgan fingerprint density at radius 3 is 0.636 bits per heavy atom. The Bertz CT molecular complexity index is 3190. The molecule has 12 heteroatoms. The number of benzene rings is 6. The molecule has 0 unspecified atom stereocenters. The minimum Gasteiger partial charge on any atom is -0.394 e. The summed E-state index contributed by atoms with van der Waals surface area (Å²) in [5.74, 6) is 1.95. The van der Waals surface area contributed by atoms with Gasteiger partial charge in [-0.1, -0.05) is 152 Å². The van der Waals surface area contributed by atoms with Gasteiger partial charge in [0.15, 0.2) is 0 Å². The number of piperidine rings is 2. The van der Waals surface area contributed by atoms with Crippen molar-refractivity contribution in [1.29, 1.82) is 0 Å². The molecule has 0 N–H and O–H groups in total. The van der Waals surface area contributed by atoms with Gasteiger partial charge in [0.25, 0.3) is 0 Å². The van der Waals surface area contributed by atoms with E-state index < -0.39 is 49.5 Å². The van der Waals surface area contributed by atoms with Crippen molar-refractivity contribution in [2.24, 2.45) is 0 Å². The quantitative estimate of drug-likeness (QED) is 0.159. The summed E-state index contributed by atoms with van der Waals surface area (Å²) in [7, 11) is -4.46. The van der Waals surface area contributed by atoms with Gasteiger partial charge in [-0.3, -0.25) is 18.8 Å². The maximum Gasteiger partial charge on any atom is 0.587 e. The van der Waals surface area contributed by atoms with Crippen molar-refractivity contribution >= 4 is 15.6 Å². The fraction of sp³-hybridized carbons (Fsp3) is 0.526. The Hall–Kier alpha value is -5.18. The summed E-state index contributed by atoms with van der Waals surface area (Å²) < 4.78 is 72.8. The number of likely N-dealkylation sites (tertiary alicyclic amines) is 2. The molecule has 88 heavy (non-hydrogen) atoms. The van der Waals surface area contributed by atoms with E-state index in [1.165, 1.54) is 0 Å². The van der Waals surface area contributed by atoms with Gasteiger partial charge in [0.05, 0.1) is 12.2 Å². The standard InChI is InChI=1S/C76H104N2O8P2/c1-47-35-59-36-48(2)65(47)83-87(79,81-63-43-69(9,10)77(25)70(11,12)44-63)84-66-49(3)37-60(38-50(66)4)75(21,22)57-31-33-58(34-32-57)76(23,24)62-41-53(7)68(54(8)42-62)86-88(80,82-64-45-71(13,14)78(26)72(15,16)46-64)85-67-51(5)39-61(40-52(67)6)74(19,20)56-29-27-55(28-30-56)73(59,17)18/h27-42,63-64H,43-46H2,1-26H3. The molecular weight excluding hydrogens is 1130 g/mol. The molecule has 2 fully saturated rings. The molecule has 6 aromatic carbocycles. The molecule has 0 aromatic heterocycles. The van der Waals surface area contributed by atoms with Crippen LogP contribution in [0.5, 0.6) is 23.0 Å². The first kappa shape index (κ1) is 67.2. The summed E-state index contributed by atoms with van der Waals surface area (Å²) in [4.78, 5) is 4.78. The lowest BCUT2D eigenvalue weighted by Gasteiger charge is -2.53. The van der Waals surface area contributed by atoms with E-state index in [2.05, 4.69) is 232 Å². The Morgan fingerprint density at radius 2 is 0.477 bits per heavy atom. The highest BCUT2D eigenvalue weighted by atomic mass is 31.2. The third-order valence-corrected chi connectivity index (χ3v) is 24.0. The molecule has 12 bridgehead atoms. The van der Waals surface area contributed by atoms with Crippen molar-refractivity contribution in [3.05, 3.63) is 186 Å². The fourth-order valence-electron chi connectivity index (χ4n) is 14.7. The van der Waals surface area contributed by atoms with Crippen LogP contribution in [0, 0.1) is 55.4 Å². The molecule has 0 radical (unpaired) electrons. The topological polar surface area (TPSA) is 96.0 Å². The smallest absolute Gasteiger partial charge is 0.394 e. The summed E-state index contributed by atoms with van der Waals surface area (Å²) in [5.41, 5.74) is 12.9. The van der Waals surface area contributed by atoms with Crippen molar-refractivity contribution in [2.75, 3.05) is 14.1 Å². The minimum atomic E-state index is -4.39. The van der Waals surface area contributed by atoms with Gasteiger partial charge in [-0.05, 0) is 240 Å². The van der Waals surface area contributed by atoms with Crippen LogP contribution < -0.4 is 18.1 Å². The average molecular weight is 1240 g/mol. The van der Waals surface area contributed by atoms with E-state index in [9.17, 15) is 0 Å². The molecule has 0 atom stereocenters. The van der Waals surface area contributed by atoms with Crippen LogP contribution in [0.15, 0.2) is 97.1 Å². The highest BCUT2D eigenvalue weighted by molar-refractivity contribution is 7.49. The van der Waals surface area contributed by atoms with E-state index in [1.807, 2.05) is 55.4 Å². The number of phosphoric acid groups is 2. The first-order chi connectivity index (χ1) is 40.3. The van der Waals surface area contributed by atoms with Gasteiger partial charge in [0.1, 0.15) is 23.0 Å². The normalized spacial score (nSPS) is 24.1. The Morgan fingerprint density at radius 1 is 0.318 bits per heavy atom. The van der Waals surface area contributed by atoms with E-state index in [0.717, 1.165) is 89.0 Å². The van der Waals surface area contributed by atoms with Gasteiger partial charge < -0.3 is 18.1 Å². The van der Waals surface area contributed by atoms with E-state index in [-0.39, 0.29) is 22.2 Å². The number of phosphoric ester groups is 2. The molecule has 6 aromatic rings. The molecule has 0 aliphatic carbocycles. The second kappa shape index (κ2) is 22.9. The first-order valence-corrected chi connectivity index (χ1v) is 34.8. The van der Waals surface area contributed by atoms with Crippen LogP contribution in [-0.4, -0.2) is 58.3 Å². The Balaban J connectivity index is 1.17. The second-order valence-corrected chi connectivity index (χ2v) is 34.3. The Kier molecular flexibility index (Phi) is 17.5. The number of nitrogens with zero attached hydrogens (tertiary/aromatic N) is 2. The second-order valence-electron chi connectivity index (χ2n) is 31.3. The maximum atomic E-state index is 15.9. The Labute approximate surface area is 530 Å². The van der Waals surface area contributed by atoms with Crippen LogP contribution in [0.2, 0.25) is 0 Å². The van der Waals surface area contributed by atoms with Gasteiger partial charge in [0.2, 0.25) is 0 Å². The monoisotopic (exact) mass is 1230 g/mol. The largest absolute Gasteiger partial charge is 0.587 e. The molecule has 18 aliphatic rings. The van der Waals surface area contributed by atoms with Gasteiger partial charge in [-0.15, -0.1) is 0 Å². The number of hydrogen-bond donors (Lipinski definition) is 0. The number of hydrogen-bond acceptors (Lipinski definition) is 10. The molecule has 0 spiro atoms. The molecule has 10 nitrogen and oxygen atoms in total. The highest BCUT2D eigenvalue weighted by Crippen LogP contribution is 2.59. The van der Waals surface area contributed by atoms with Crippen LogP contribution >= 0.6 is 15.6 Å². The summed E-state index contributed by atoms with van der Waals surface area (Å²) >= 11 is 0. The van der Waals surface area contributed by atoms with Crippen LogP contribution in [0.3, 0.4) is 0 Å². The predicted molar refractivity (Wildman–Crippen MR) is 363 cm³/mol. The maximum absolute atomic E-state index is 15.9. The zero-order valence-corrected chi connectivity index (χ0v) is 60.1. The zero-order chi connectivity index (χ0) is 65.2. The number of aryl methyl sites for hydroxylation is 8. The van der Waals surface area contributed by atoms with Crippen molar-refractivity contribution in [2.45, 2.75) is 248 Å². The van der Waals surface area contributed by atoms with Crippen molar-refractivity contribution in [3.8, 4) is 23.0 Å². The van der Waals surface area contributed by atoms with E-state index in [4.69, 9.17) is 27.1 Å². The van der Waals surface area contributed by atoms with Gasteiger partial charge in [-0.2, -0.15) is 0 Å². The lowest BCUT2D eigenvalue weighted by molar-refractivity contribution is -0.0614. The summed E-state index contributed by atoms with van der Waals surface area (Å²) in [6, 6.07) is 35.1. The third kappa shape index (κ3) is 12.8. The summed E-state index contributed by atoms with van der Waals surface area (Å²) in [6.07, 6.45) is 1.75. The summed E-state index contributed by atoms with van der Waals surface area (Å²) in [5, 5.41) is 0. The van der Waals surface area contributed by atoms with Crippen molar-refractivity contribution in [3.63, 3.8) is 0 Å². The van der Waals surface area contributed by atoms with Crippen LogP contribution in [0.1, 0.15) is 225 Å². The van der Waals surface area contributed by atoms with Gasteiger partial charge >= 0.3 is 15.6 Å². The molecule has 0 saturated carbocycles. The molecule has 18 heterocycles. The van der Waals surface area contributed by atoms with E-state index in [1.54, 1.807) is 0 Å². The SMILES string of the molecule is Cc1cc2cc(C)c1OP(=O)(OC1CC(C)(C)N(C)C(C)(C)C1)Oc1c(C)cc(cc1C)C(C)(C)c1ccc(cc1)C(C)(C)c1cc(C)c(c(C)c1)OP(=O)(OC1CC(C)(C)N(C)C(C)(C)C1)Oc1c(C)cc(cc1C)C(C)(C)c1ccc(cc1)C2(C)C. The van der Waals surface area contributed by atoms with E-state index >= 15 is 9.13 Å². The fourth-order valence-corrected chi connectivity index (χ4v) is 18.1. The predicted octanol–water partition coefficient (Wildman–Crippen LogP) is 20.2. The molecule has 18 aliphatic heterocycles. The van der Waals surface area contributed by atoms with Crippen molar-refractivity contribution in [1.82, 2.24) is 9.80 Å². The van der Waals surface area contributed by atoms with Gasteiger partial charge in [0, 0.05) is 43.8 Å². The highest BCUT2D eigenvalue weighted by Gasteiger charge is 2.50. The minimum absolute atomic E-state index is 0.242. The molecular formula is C76H104N2O8P2. The van der Waals surface area contributed by atoms with E-state index in [0.29, 0.717) is 48.7 Å². The van der Waals surface area contributed by atoms with Crippen molar-refractivity contribution < 1.29 is 36.3 Å². The molecule has 2 saturated heterocycles. The lowest BCUT2D eigenvalue weighted by Crippen LogP contribution is -2.60.